The van der Waals surface area contributed by atoms with Crippen molar-refractivity contribution in [2.45, 2.75) is 37.6 Å². The molecule has 0 spiro atoms. The third-order valence-corrected chi connectivity index (χ3v) is 3.35. The number of aromatic nitrogens is 1. The second-order valence-electron chi connectivity index (χ2n) is 4.85. The highest BCUT2D eigenvalue weighted by Gasteiger charge is 2.32. The fraction of sp³-hybridized carbons (Fsp3) is 0.538. The van der Waals surface area contributed by atoms with Gasteiger partial charge in [0.15, 0.2) is 0 Å². The Morgan fingerprint density at radius 1 is 1.53 bits per heavy atom. The molecule has 0 unspecified atom stereocenters. The molecule has 1 amide bonds. The molecule has 1 aromatic rings. The number of carbonyl (C=O) groups is 1. The van der Waals surface area contributed by atoms with Crippen molar-refractivity contribution in [3.63, 3.8) is 0 Å². The molecule has 0 saturated heterocycles. The molecular weight excluding hydrogens is 214 g/mol. The number of nitrogens with one attached hydrogen (secondary N) is 1. The number of nitrogens with two attached hydrogens (primary N) is 1. The average molecular weight is 233 g/mol. The lowest BCUT2D eigenvalue weighted by molar-refractivity contribution is -0.121. The van der Waals surface area contributed by atoms with E-state index in [1.54, 1.807) is 12.4 Å². The minimum atomic E-state index is -0.135. The van der Waals surface area contributed by atoms with Crippen LogP contribution in [0, 0.1) is 0 Å². The number of rotatable bonds is 5. The van der Waals surface area contributed by atoms with Crippen molar-refractivity contribution in [2.24, 2.45) is 5.73 Å². The van der Waals surface area contributed by atoms with Crippen molar-refractivity contribution in [3.8, 4) is 0 Å². The molecule has 0 aromatic carbocycles. The van der Waals surface area contributed by atoms with Crippen molar-refractivity contribution >= 4 is 5.91 Å². The van der Waals surface area contributed by atoms with E-state index in [9.17, 15) is 4.79 Å². The Labute approximate surface area is 102 Å². The first-order chi connectivity index (χ1) is 8.18. The van der Waals surface area contributed by atoms with E-state index in [1.165, 1.54) is 6.42 Å². The second kappa shape index (κ2) is 5.27. The van der Waals surface area contributed by atoms with Gasteiger partial charge in [-0.25, -0.2) is 0 Å². The van der Waals surface area contributed by atoms with Crippen LogP contribution >= 0.6 is 0 Å². The van der Waals surface area contributed by atoms with Gasteiger partial charge in [-0.1, -0.05) is 6.07 Å². The summed E-state index contributed by atoms with van der Waals surface area (Å²) in [6, 6.07) is 3.87. The topological polar surface area (TPSA) is 68.0 Å². The third-order valence-electron chi connectivity index (χ3n) is 3.35. The van der Waals surface area contributed by atoms with Gasteiger partial charge in [0.2, 0.25) is 5.91 Å². The molecule has 4 heteroatoms. The summed E-state index contributed by atoms with van der Waals surface area (Å²) in [4.78, 5) is 15.6. The van der Waals surface area contributed by atoms with E-state index in [-0.39, 0.29) is 11.4 Å². The van der Waals surface area contributed by atoms with Gasteiger partial charge in [0.05, 0.1) is 0 Å². The minimum absolute atomic E-state index is 0.0746. The van der Waals surface area contributed by atoms with Crippen LogP contribution in [-0.4, -0.2) is 23.0 Å². The van der Waals surface area contributed by atoms with Gasteiger partial charge in [-0.15, -0.1) is 0 Å². The molecule has 0 atom stereocenters. The highest BCUT2D eigenvalue weighted by atomic mass is 16.1. The van der Waals surface area contributed by atoms with Crippen molar-refractivity contribution in [1.82, 2.24) is 10.3 Å². The van der Waals surface area contributed by atoms with Crippen LogP contribution in [-0.2, 0) is 11.2 Å². The summed E-state index contributed by atoms with van der Waals surface area (Å²) in [6.07, 6.45) is 7.99. The SMILES string of the molecule is NC1(CNC(=O)CCc2cccnc2)CCC1. The highest BCUT2D eigenvalue weighted by Crippen LogP contribution is 2.27. The molecule has 0 radical (unpaired) electrons. The van der Waals surface area contributed by atoms with Crippen molar-refractivity contribution in [1.29, 1.82) is 0 Å². The van der Waals surface area contributed by atoms with Crippen LogP contribution in [0.2, 0.25) is 0 Å². The summed E-state index contributed by atoms with van der Waals surface area (Å²) in [5.74, 6) is 0.0746. The van der Waals surface area contributed by atoms with E-state index in [4.69, 9.17) is 5.73 Å². The van der Waals surface area contributed by atoms with Gasteiger partial charge in [0.25, 0.3) is 0 Å². The number of aryl methyl sites for hydroxylation is 1. The Bertz CT molecular complexity index is 374. The molecule has 1 aromatic heterocycles. The molecule has 3 N–H and O–H groups in total. The van der Waals surface area contributed by atoms with E-state index in [0.29, 0.717) is 13.0 Å². The van der Waals surface area contributed by atoms with E-state index in [1.807, 2.05) is 12.1 Å². The molecule has 1 aliphatic carbocycles. The van der Waals surface area contributed by atoms with Gasteiger partial charge < -0.3 is 11.1 Å². The average Bonchev–Trinajstić information content (AvgIpc) is 2.33. The molecule has 4 nitrogen and oxygen atoms in total. The Hall–Kier alpha value is -1.42. The maximum absolute atomic E-state index is 11.6. The summed E-state index contributed by atoms with van der Waals surface area (Å²) in [5, 5.41) is 2.91. The highest BCUT2D eigenvalue weighted by molar-refractivity contribution is 5.76. The van der Waals surface area contributed by atoms with Crippen molar-refractivity contribution in [2.75, 3.05) is 6.54 Å². The standard InChI is InChI=1S/C13H19N3O/c14-13(6-2-7-13)10-16-12(17)5-4-11-3-1-8-15-9-11/h1,3,8-9H,2,4-7,10,14H2,(H,16,17). The van der Waals surface area contributed by atoms with Gasteiger partial charge in [-0.05, 0) is 37.3 Å². The van der Waals surface area contributed by atoms with E-state index in [0.717, 1.165) is 24.8 Å². The van der Waals surface area contributed by atoms with Crippen molar-refractivity contribution < 1.29 is 4.79 Å². The van der Waals surface area contributed by atoms with Crippen LogP contribution in [0.4, 0.5) is 0 Å². The number of nitrogens with zero attached hydrogens (tertiary/aromatic N) is 1. The predicted molar refractivity (Wildman–Crippen MR) is 66.3 cm³/mol. The number of hydrogen-bond donors (Lipinski definition) is 2. The zero-order valence-corrected chi connectivity index (χ0v) is 9.98. The summed E-state index contributed by atoms with van der Waals surface area (Å²) < 4.78 is 0. The van der Waals surface area contributed by atoms with Crippen LogP contribution < -0.4 is 11.1 Å². The van der Waals surface area contributed by atoms with Gasteiger partial charge in [-0.2, -0.15) is 0 Å². The number of amides is 1. The number of hydrogen-bond acceptors (Lipinski definition) is 3. The van der Waals surface area contributed by atoms with Gasteiger partial charge in [-0.3, -0.25) is 9.78 Å². The smallest absolute Gasteiger partial charge is 0.220 e. The van der Waals surface area contributed by atoms with Crippen LogP contribution in [0.25, 0.3) is 0 Å². The van der Waals surface area contributed by atoms with Gasteiger partial charge in [0, 0.05) is 30.9 Å². The maximum atomic E-state index is 11.6. The van der Waals surface area contributed by atoms with Crippen LogP contribution in [0.15, 0.2) is 24.5 Å². The Balaban J connectivity index is 1.67. The van der Waals surface area contributed by atoms with E-state index < -0.39 is 0 Å². The number of carbonyl (C=O) groups excluding carboxylic acids is 1. The lowest BCUT2D eigenvalue weighted by Gasteiger charge is -2.38. The fourth-order valence-electron chi connectivity index (χ4n) is 1.97. The van der Waals surface area contributed by atoms with Crippen LogP contribution in [0.5, 0.6) is 0 Å². The Morgan fingerprint density at radius 3 is 2.94 bits per heavy atom. The largest absolute Gasteiger partial charge is 0.354 e. The first-order valence-electron chi connectivity index (χ1n) is 6.12. The zero-order chi connectivity index (χ0) is 12.1. The number of pyridine rings is 1. The summed E-state index contributed by atoms with van der Waals surface area (Å²) in [6.45, 7) is 0.610. The van der Waals surface area contributed by atoms with Gasteiger partial charge >= 0.3 is 0 Å². The molecule has 0 bridgehead atoms. The Kier molecular flexibility index (Phi) is 3.74. The second-order valence-corrected chi connectivity index (χ2v) is 4.85. The normalized spacial score (nSPS) is 17.2. The zero-order valence-electron chi connectivity index (χ0n) is 9.98. The van der Waals surface area contributed by atoms with E-state index >= 15 is 0 Å². The summed E-state index contributed by atoms with van der Waals surface area (Å²) in [7, 11) is 0. The Morgan fingerprint density at radius 2 is 2.35 bits per heavy atom. The third kappa shape index (κ3) is 3.53. The van der Waals surface area contributed by atoms with Gasteiger partial charge in [0.1, 0.15) is 0 Å². The van der Waals surface area contributed by atoms with Crippen molar-refractivity contribution in [3.05, 3.63) is 30.1 Å². The van der Waals surface area contributed by atoms with E-state index in [2.05, 4.69) is 10.3 Å². The molecule has 1 saturated carbocycles. The predicted octanol–water partition coefficient (Wildman–Crippen LogP) is 1.01. The summed E-state index contributed by atoms with van der Waals surface area (Å²) >= 11 is 0. The molecule has 1 fully saturated rings. The van der Waals surface area contributed by atoms with Crippen LogP contribution in [0.3, 0.4) is 0 Å². The minimum Gasteiger partial charge on any atom is -0.354 e. The molecule has 1 heterocycles. The molecule has 17 heavy (non-hydrogen) atoms. The molecule has 92 valence electrons. The lowest BCUT2D eigenvalue weighted by atomic mass is 9.78. The first-order valence-corrected chi connectivity index (χ1v) is 6.12. The summed E-state index contributed by atoms with van der Waals surface area (Å²) in [5.41, 5.74) is 6.99. The fourth-order valence-corrected chi connectivity index (χ4v) is 1.97. The molecule has 2 rings (SSSR count). The lowest BCUT2D eigenvalue weighted by Crippen LogP contribution is -2.54. The molecule has 0 aliphatic heterocycles. The monoisotopic (exact) mass is 233 g/mol. The quantitative estimate of drug-likeness (QED) is 0.797. The first kappa shape index (κ1) is 12.0. The maximum Gasteiger partial charge on any atom is 0.220 e. The van der Waals surface area contributed by atoms with Crippen LogP contribution in [0.1, 0.15) is 31.2 Å². The molecular formula is C13H19N3O. The molecule has 1 aliphatic rings.